The van der Waals surface area contributed by atoms with E-state index in [4.69, 9.17) is 14.2 Å². The van der Waals surface area contributed by atoms with Crippen LogP contribution in [-0.4, -0.2) is 25.6 Å². The van der Waals surface area contributed by atoms with Gasteiger partial charge in [0.15, 0.2) is 17.9 Å². The zero-order chi connectivity index (χ0) is 29.7. The molecule has 0 spiro atoms. The second-order valence-electron chi connectivity index (χ2n) is 12.2. The maximum Gasteiger partial charge on any atom is 0.400 e. The third kappa shape index (κ3) is 7.54. The van der Waals surface area contributed by atoms with Crippen LogP contribution in [0, 0.1) is 35.2 Å². The fourth-order valence-corrected chi connectivity index (χ4v) is 6.80. The van der Waals surface area contributed by atoms with Gasteiger partial charge in [0.25, 0.3) is 0 Å². The molecule has 230 valence electrons. The maximum absolute atomic E-state index is 15.3. The summed E-state index contributed by atoms with van der Waals surface area (Å²) in [6, 6.07) is 7.84. The van der Waals surface area contributed by atoms with Crippen LogP contribution in [0.3, 0.4) is 0 Å². The number of allylic oxidation sites excluding steroid dienone is 2. The Kier molecular flexibility index (Phi) is 10.3. The van der Waals surface area contributed by atoms with Gasteiger partial charge in [-0.3, -0.25) is 0 Å². The predicted octanol–water partition coefficient (Wildman–Crippen LogP) is 9.67. The van der Waals surface area contributed by atoms with Crippen molar-refractivity contribution < 1.29 is 36.2 Å². The van der Waals surface area contributed by atoms with Crippen molar-refractivity contribution in [2.45, 2.75) is 95.4 Å². The van der Waals surface area contributed by atoms with Crippen molar-refractivity contribution in [2.24, 2.45) is 17.8 Å². The number of ether oxygens (including phenoxy) is 3. The minimum atomic E-state index is -3.53. The van der Waals surface area contributed by atoms with Gasteiger partial charge in [-0.05, 0) is 105 Å². The normalized spacial score (nSPS) is 29.1. The second-order valence-corrected chi connectivity index (χ2v) is 12.2. The van der Waals surface area contributed by atoms with Crippen LogP contribution < -0.4 is 4.74 Å². The van der Waals surface area contributed by atoms with Gasteiger partial charge in [0.2, 0.25) is 0 Å². The summed E-state index contributed by atoms with van der Waals surface area (Å²) in [5.41, 5.74) is 1.56. The van der Waals surface area contributed by atoms with Gasteiger partial charge in [0.05, 0.1) is 19.1 Å². The minimum absolute atomic E-state index is 0.146. The highest BCUT2D eigenvalue weighted by Crippen LogP contribution is 2.45. The molecule has 2 saturated carbocycles. The standard InChI is InChI=1S/C34H41F5O3/c1-2-3-4-5-22-20-40-33(41-21-22)25-8-6-23(7-9-25)26-12-16-29(31(36)18-26)24-10-13-27(14-11-24)34(38,39)42-28-15-17-30(35)32(37)19-28/h3-4,12,15-19,22-25,27,33H,2,5-11,13-14,20-21H2,1H3. The lowest BCUT2D eigenvalue weighted by molar-refractivity contribution is -0.228. The van der Waals surface area contributed by atoms with Crippen molar-refractivity contribution in [1.82, 2.24) is 0 Å². The fourth-order valence-electron chi connectivity index (χ4n) is 6.80. The Hall–Kier alpha value is -2.45. The fraction of sp³-hybridized carbons (Fsp3) is 0.588. The van der Waals surface area contributed by atoms with Crippen LogP contribution in [-0.2, 0) is 9.47 Å². The molecule has 1 aliphatic heterocycles. The molecule has 0 radical (unpaired) electrons. The first-order valence-electron chi connectivity index (χ1n) is 15.4. The van der Waals surface area contributed by atoms with E-state index in [0.29, 0.717) is 36.3 Å². The number of benzene rings is 2. The average Bonchev–Trinajstić information content (AvgIpc) is 2.99. The smallest absolute Gasteiger partial charge is 0.400 e. The van der Waals surface area contributed by atoms with Gasteiger partial charge in [0.1, 0.15) is 11.6 Å². The first-order chi connectivity index (χ1) is 20.2. The third-order valence-electron chi connectivity index (χ3n) is 9.30. The summed E-state index contributed by atoms with van der Waals surface area (Å²) in [7, 11) is 0. The van der Waals surface area contributed by atoms with Crippen LogP contribution in [0.4, 0.5) is 22.0 Å². The zero-order valence-electron chi connectivity index (χ0n) is 24.2. The monoisotopic (exact) mass is 592 g/mol. The van der Waals surface area contributed by atoms with E-state index in [2.05, 4.69) is 19.1 Å². The third-order valence-corrected chi connectivity index (χ3v) is 9.30. The van der Waals surface area contributed by atoms with Gasteiger partial charge in [-0.1, -0.05) is 31.2 Å². The lowest BCUT2D eigenvalue weighted by atomic mass is 9.76. The van der Waals surface area contributed by atoms with E-state index in [1.165, 1.54) is 0 Å². The van der Waals surface area contributed by atoms with Crippen molar-refractivity contribution in [2.75, 3.05) is 13.2 Å². The molecule has 3 aliphatic rings. The summed E-state index contributed by atoms with van der Waals surface area (Å²) in [5.74, 6) is -3.23. The molecule has 5 rings (SSSR count). The Labute approximate surface area is 245 Å². The van der Waals surface area contributed by atoms with E-state index in [1.807, 2.05) is 12.1 Å². The van der Waals surface area contributed by atoms with E-state index < -0.39 is 29.4 Å². The SMILES string of the molecule is CCC=CCC1COC(C2CCC(c3ccc(C4CCC(C(F)(F)Oc5ccc(F)c(F)c5)CC4)c(F)c3)CC2)OC1. The lowest BCUT2D eigenvalue weighted by Crippen LogP contribution is -2.38. The van der Waals surface area contributed by atoms with Crippen molar-refractivity contribution >= 4 is 0 Å². The summed E-state index contributed by atoms with van der Waals surface area (Å²) in [5, 5.41) is 0. The first-order valence-corrected chi connectivity index (χ1v) is 15.4. The van der Waals surface area contributed by atoms with Gasteiger partial charge in [0, 0.05) is 17.9 Å². The number of hydrogen-bond acceptors (Lipinski definition) is 3. The molecule has 0 amide bonds. The molecule has 2 aliphatic carbocycles. The van der Waals surface area contributed by atoms with Crippen LogP contribution >= 0.6 is 0 Å². The molecule has 2 aromatic carbocycles. The second kappa shape index (κ2) is 13.9. The molecule has 42 heavy (non-hydrogen) atoms. The molecule has 0 bridgehead atoms. The van der Waals surface area contributed by atoms with Crippen LogP contribution in [0.5, 0.6) is 5.75 Å². The Morgan fingerprint density at radius 1 is 0.786 bits per heavy atom. The first kappa shape index (κ1) is 31.0. The molecule has 1 saturated heterocycles. The van der Waals surface area contributed by atoms with E-state index in [9.17, 15) is 17.6 Å². The van der Waals surface area contributed by atoms with Gasteiger partial charge in [-0.2, -0.15) is 8.78 Å². The van der Waals surface area contributed by atoms with E-state index in [-0.39, 0.29) is 36.8 Å². The Bertz CT molecular complexity index is 1190. The van der Waals surface area contributed by atoms with Crippen LogP contribution in [0.1, 0.15) is 94.1 Å². The molecule has 8 heteroatoms. The van der Waals surface area contributed by atoms with Crippen LogP contribution in [0.15, 0.2) is 48.6 Å². The number of halogens is 5. The number of alkyl halides is 2. The topological polar surface area (TPSA) is 27.7 Å². The minimum Gasteiger partial charge on any atom is -0.432 e. The molecule has 0 N–H and O–H groups in total. The highest BCUT2D eigenvalue weighted by atomic mass is 19.3. The van der Waals surface area contributed by atoms with Gasteiger partial charge >= 0.3 is 6.11 Å². The maximum atomic E-state index is 15.3. The zero-order valence-corrected chi connectivity index (χ0v) is 24.2. The van der Waals surface area contributed by atoms with E-state index >= 15 is 4.39 Å². The van der Waals surface area contributed by atoms with E-state index in [0.717, 1.165) is 69.4 Å². The average molecular weight is 593 g/mol. The van der Waals surface area contributed by atoms with Crippen molar-refractivity contribution in [3.8, 4) is 5.75 Å². The Morgan fingerprint density at radius 3 is 2.12 bits per heavy atom. The Morgan fingerprint density at radius 2 is 1.48 bits per heavy atom. The summed E-state index contributed by atoms with van der Waals surface area (Å²) >= 11 is 0. The highest BCUT2D eigenvalue weighted by molar-refractivity contribution is 5.30. The predicted molar refractivity (Wildman–Crippen MR) is 151 cm³/mol. The largest absolute Gasteiger partial charge is 0.432 e. The summed E-state index contributed by atoms with van der Waals surface area (Å²) < 4.78 is 88.3. The van der Waals surface area contributed by atoms with Crippen molar-refractivity contribution in [3.63, 3.8) is 0 Å². The molecule has 0 unspecified atom stereocenters. The van der Waals surface area contributed by atoms with Crippen molar-refractivity contribution in [1.29, 1.82) is 0 Å². The van der Waals surface area contributed by atoms with Gasteiger partial charge in [-0.25, -0.2) is 13.2 Å². The number of rotatable bonds is 9. The molecular weight excluding hydrogens is 551 g/mol. The molecule has 0 aromatic heterocycles. The van der Waals surface area contributed by atoms with Crippen molar-refractivity contribution in [3.05, 3.63) is 77.1 Å². The molecule has 2 aromatic rings. The van der Waals surface area contributed by atoms with Crippen LogP contribution in [0.2, 0.25) is 0 Å². The van der Waals surface area contributed by atoms with E-state index in [1.54, 1.807) is 6.07 Å². The summed E-state index contributed by atoms with van der Waals surface area (Å²) in [6.07, 6.45) is 7.67. The highest BCUT2D eigenvalue weighted by Gasteiger charge is 2.44. The molecule has 3 nitrogen and oxygen atoms in total. The molecule has 3 fully saturated rings. The molecular formula is C34H41F5O3. The molecule has 1 heterocycles. The Balaban J connectivity index is 1.09. The van der Waals surface area contributed by atoms with Crippen LogP contribution in [0.25, 0.3) is 0 Å². The summed E-state index contributed by atoms with van der Waals surface area (Å²) in [6.45, 7) is 3.58. The summed E-state index contributed by atoms with van der Waals surface area (Å²) in [4.78, 5) is 0. The quantitative estimate of drug-likeness (QED) is 0.214. The van der Waals surface area contributed by atoms with Gasteiger partial charge < -0.3 is 14.2 Å². The van der Waals surface area contributed by atoms with Gasteiger partial charge in [-0.15, -0.1) is 0 Å². The molecule has 0 atom stereocenters. The lowest BCUT2D eigenvalue weighted by Gasteiger charge is -2.37. The number of hydrogen-bond donors (Lipinski definition) is 0.